The zero-order chi connectivity index (χ0) is 22.1. The second-order valence-electron chi connectivity index (χ2n) is 6.57. The largest absolute Gasteiger partial charge is 0.416 e. The molecule has 0 bridgehead atoms. The third-order valence-electron chi connectivity index (χ3n) is 4.09. The second-order valence-corrected chi connectivity index (χ2v) is 6.98. The van der Waals surface area contributed by atoms with Gasteiger partial charge in [-0.3, -0.25) is 9.59 Å². The highest BCUT2D eigenvalue weighted by atomic mass is 32.1. The highest BCUT2D eigenvalue weighted by Gasteiger charge is 2.30. The van der Waals surface area contributed by atoms with Gasteiger partial charge >= 0.3 is 6.18 Å². The number of unbranched alkanes of at least 4 members (excludes halogenated alkanes) is 2. The molecule has 30 heavy (non-hydrogen) atoms. The van der Waals surface area contributed by atoms with Gasteiger partial charge in [0.2, 0.25) is 5.91 Å². The number of nitrogens with one attached hydrogen (secondary N) is 3. The highest BCUT2D eigenvalue weighted by Crippen LogP contribution is 2.30. The third-order valence-corrected chi connectivity index (χ3v) is 4.29. The summed E-state index contributed by atoms with van der Waals surface area (Å²) in [5.74, 6) is -0.771. The lowest BCUT2D eigenvalue weighted by molar-refractivity contribution is -0.137. The van der Waals surface area contributed by atoms with Gasteiger partial charge in [-0.2, -0.15) is 13.2 Å². The predicted molar refractivity (Wildman–Crippen MR) is 114 cm³/mol. The van der Waals surface area contributed by atoms with Crippen molar-refractivity contribution < 1.29 is 22.8 Å². The summed E-state index contributed by atoms with van der Waals surface area (Å²) in [6.07, 6.45) is -1.39. The Bertz CT molecular complexity index is 916. The highest BCUT2D eigenvalue weighted by molar-refractivity contribution is 7.80. The SMILES string of the molecule is CCCCCC(=O)NC(=S)Nc1cccc(C(=O)Nc2cccc(C(F)(F)F)c2)c1. The molecule has 0 fully saturated rings. The Kier molecular flexibility index (Phi) is 8.35. The minimum absolute atomic E-state index is 0.0306. The van der Waals surface area contributed by atoms with Gasteiger partial charge in [0.15, 0.2) is 5.11 Å². The molecule has 0 aromatic heterocycles. The predicted octanol–water partition coefficient (Wildman–Crippen LogP) is 5.35. The zero-order valence-electron chi connectivity index (χ0n) is 16.3. The average Bonchev–Trinajstić information content (AvgIpc) is 2.68. The molecule has 160 valence electrons. The fraction of sp³-hybridized carbons (Fsp3) is 0.286. The number of benzene rings is 2. The number of alkyl halides is 3. The summed E-state index contributed by atoms with van der Waals surface area (Å²) in [5.41, 5.74) is -0.140. The summed E-state index contributed by atoms with van der Waals surface area (Å²) in [6, 6.07) is 10.6. The lowest BCUT2D eigenvalue weighted by Crippen LogP contribution is -2.33. The molecule has 0 saturated carbocycles. The van der Waals surface area contributed by atoms with Crippen LogP contribution in [0.1, 0.15) is 48.5 Å². The van der Waals surface area contributed by atoms with E-state index >= 15 is 0 Å². The minimum atomic E-state index is -4.50. The lowest BCUT2D eigenvalue weighted by Gasteiger charge is -2.12. The third kappa shape index (κ3) is 7.47. The molecule has 0 radical (unpaired) electrons. The molecule has 2 amide bonds. The standard InChI is InChI=1S/C21H22F3N3O2S/c1-2-3-4-11-18(28)27-20(30)26-16-9-5-7-14(12-16)19(29)25-17-10-6-8-15(13-17)21(22,23)24/h5-10,12-13H,2-4,11H2,1H3,(H,25,29)(H2,26,27,28,30). The van der Waals surface area contributed by atoms with Crippen LogP contribution < -0.4 is 16.0 Å². The molecule has 0 aliphatic rings. The molecule has 3 N–H and O–H groups in total. The van der Waals surface area contributed by atoms with Crippen molar-refractivity contribution in [1.82, 2.24) is 5.32 Å². The van der Waals surface area contributed by atoms with E-state index in [0.29, 0.717) is 12.1 Å². The van der Waals surface area contributed by atoms with E-state index in [4.69, 9.17) is 12.2 Å². The normalized spacial score (nSPS) is 10.9. The molecule has 0 atom stereocenters. The molecule has 0 spiro atoms. The average molecular weight is 437 g/mol. The first-order valence-electron chi connectivity index (χ1n) is 9.38. The smallest absolute Gasteiger partial charge is 0.332 e. The topological polar surface area (TPSA) is 70.2 Å². The van der Waals surface area contributed by atoms with E-state index in [1.807, 2.05) is 6.92 Å². The zero-order valence-corrected chi connectivity index (χ0v) is 17.1. The molecular formula is C21H22F3N3O2S. The summed E-state index contributed by atoms with van der Waals surface area (Å²) < 4.78 is 38.5. The van der Waals surface area contributed by atoms with Crippen molar-refractivity contribution in [3.63, 3.8) is 0 Å². The van der Waals surface area contributed by atoms with Gasteiger partial charge in [0.25, 0.3) is 5.91 Å². The van der Waals surface area contributed by atoms with E-state index in [-0.39, 0.29) is 22.3 Å². The maximum atomic E-state index is 12.8. The molecule has 0 unspecified atom stereocenters. The summed E-state index contributed by atoms with van der Waals surface area (Å²) in [4.78, 5) is 24.2. The molecule has 9 heteroatoms. The first-order valence-corrected chi connectivity index (χ1v) is 9.79. The Labute approximate surface area is 178 Å². The van der Waals surface area contributed by atoms with Crippen LogP contribution in [0.5, 0.6) is 0 Å². The molecule has 2 aromatic carbocycles. The van der Waals surface area contributed by atoms with E-state index in [0.717, 1.165) is 31.4 Å². The molecule has 2 aromatic rings. The van der Waals surface area contributed by atoms with Crippen LogP contribution in [0, 0.1) is 0 Å². The summed E-state index contributed by atoms with van der Waals surface area (Å²) in [5, 5.41) is 7.94. The lowest BCUT2D eigenvalue weighted by atomic mass is 10.1. The number of thiocarbonyl (C=S) groups is 1. The monoisotopic (exact) mass is 437 g/mol. The van der Waals surface area contributed by atoms with Gasteiger partial charge in [-0.25, -0.2) is 0 Å². The molecule has 5 nitrogen and oxygen atoms in total. The van der Waals surface area contributed by atoms with Crippen LogP contribution in [-0.4, -0.2) is 16.9 Å². The molecule has 0 aliphatic heterocycles. The Balaban J connectivity index is 1.98. The molecule has 2 rings (SSSR count). The van der Waals surface area contributed by atoms with Crippen molar-refractivity contribution in [3.05, 3.63) is 59.7 Å². The Morgan fingerprint density at radius 1 is 0.967 bits per heavy atom. The van der Waals surface area contributed by atoms with Crippen molar-refractivity contribution in [3.8, 4) is 0 Å². The van der Waals surface area contributed by atoms with Gasteiger partial charge in [-0.15, -0.1) is 0 Å². The molecule has 0 aliphatic carbocycles. The fourth-order valence-corrected chi connectivity index (χ4v) is 2.83. The number of rotatable bonds is 7. The summed E-state index contributed by atoms with van der Waals surface area (Å²) in [6.45, 7) is 2.04. The van der Waals surface area contributed by atoms with Crippen LogP contribution in [0.25, 0.3) is 0 Å². The van der Waals surface area contributed by atoms with Crippen LogP contribution in [0.4, 0.5) is 24.5 Å². The number of hydrogen-bond donors (Lipinski definition) is 3. The van der Waals surface area contributed by atoms with Crippen LogP contribution in [0.2, 0.25) is 0 Å². The Morgan fingerprint density at radius 3 is 2.30 bits per heavy atom. The molecule has 0 saturated heterocycles. The summed E-state index contributed by atoms with van der Waals surface area (Å²) in [7, 11) is 0. The van der Waals surface area contributed by atoms with Crippen molar-refractivity contribution >= 4 is 40.5 Å². The molecular weight excluding hydrogens is 415 g/mol. The van der Waals surface area contributed by atoms with E-state index in [1.165, 1.54) is 24.3 Å². The minimum Gasteiger partial charge on any atom is -0.332 e. The van der Waals surface area contributed by atoms with E-state index in [1.54, 1.807) is 12.1 Å². The van der Waals surface area contributed by atoms with E-state index < -0.39 is 17.6 Å². The number of hydrogen-bond acceptors (Lipinski definition) is 3. The van der Waals surface area contributed by atoms with Crippen molar-refractivity contribution in [2.75, 3.05) is 10.6 Å². The quantitative estimate of drug-likeness (QED) is 0.403. The van der Waals surface area contributed by atoms with Crippen molar-refractivity contribution in [2.24, 2.45) is 0 Å². The van der Waals surface area contributed by atoms with Gasteiger partial charge in [-0.05, 0) is 55.0 Å². The van der Waals surface area contributed by atoms with E-state index in [9.17, 15) is 22.8 Å². The van der Waals surface area contributed by atoms with Crippen LogP contribution in [-0.2, 0) is 11.0 Å². The van der Waals surface area contributed by atoms with E-state index in [2.05, 4.69) is 16.0 Å². The van der Waals surface area contributed by atoms with Crippen molar-refractivity contribution in [1.29, 1.82) is 0 Å². The molecule has 0 heterocycles. The Hall–Kier alpha value is -2.94. The van der Waals surface area contributed by atoms with Crippen LogP contribution >= 0.6 is 12.2 Å². The first kappa shape index (κ1) is 23.3. The summed E-state index contributed by atoms with van der Waals surface area (Å²) >= 11 is 5.10. The number of amides is 2. The van der Waals surface area contributed by atoms with Gasteiger partial charge in [0, 0.05) is 23.4 Å². The second kappa shape index (κ2) is 10.7. The Morgan fingerprint density at radius 2 is 1.63 bits per heavy atom. The number of halogens is 3. The maximum Gasteiger partial charge on any atom is 0.416 e. The van der Waals surface area contributed by atoms with Gasteiger partial charge in [0.05, 0.1) is 5.56 Å². The van der Waals surface area contributed by atoms with Crippen molar-refractivity contribution in [2.45, 2.75) is 38.8 Å². The van der Waals surface area contributed by atoms with Crippen LogP contribution in [0.3, 0.4) is 0 Å². The number of anilines is 2. The number of carbonyl (C=O) groups is 2. The maximum absolute atomic E-state index is 12.8. The first-order chi connectivity index (χ1) is 14.2. The van der Waals surface area contributed by atoms with Gasteiger partial charge < -0.3 is 16.0 Å². The fourth-order valence-electron chi connectivity index (χ4n) is 2.60. The van der Waals surface area contributed by atoms with Crippen LogP contribution in [0.15, 0.2) is 48.5 Å². The van der Waals surface area contributed by atoms with Gasteiger partial charge in [0.1, 0.15) is 0 Å². The van der Waals surface area contributed by atoms with Gasteiger partial charge in [-0.1, -0.05) is 31.9 Å². The number of carbonyl (C=O) groups excluding carboxylic acids is 2.